The normalized spacial score (nSPS) is 21.4. The lowest BCUT2D eigenvalue weighted by atomic mass is 9.99. The molecule has 76 valence electrons. The van der Waals surface area contributed by atoms with E-state index < -0.39 is 0 Å². The summed E-state index contributed by atoms with van der Waals surface area (Å²) in [7, 11) is 0. The monoisotopic (exact) mass is 273 g/mol. The van der Waals surface area contributed by atoms with Crippen molar-refractivity contribution in [2.45, 2.75) is 12.8 Å². The molecule has 0 radical (unpaired) electrons. The Labute approximate surface area is 98.0 Å². The minimum absolute atomic E-state index is 0.752. The third-order valence-corrected chi connectivity index (χ3v) is 3.54. The summed E-state index contributed by atoms with van der Waals surface area (Å²) in [4.78, 5) is 0. The first-order chi connectivity index (χ1) is 6.75. The SMILES string of the molecule is Clc1ccc(Br)cc1CC1CCNC1. The van der Waals surface area contributed by atoms with E-state index in [1.54, 1.807) is 0 Å². The fourth-order valence-corrected chi connectivity index (χ4v) is 2.50. The molecule has 1 saturated heterocycles. The van der Waals surface area contributed by atoms with Gasteiger partial charge in [0.1, 0.15) is 0 Å². The maximum atomic E-state index is 6.13. The van der Waals surface area contributed by atoms with E-state index in [1.807, 2.05) is 12.1 Å². The van der Waals surface area contributed by atoms with Gasteiger partial charge in [-0.25, -0.2) is 0 Å². The first-order valence-electron chi connectivity index (χ1n) is 4.90. The van der Waals surface area contributed by atoms with E-state index in [9.17, 15) is 0 Å². The molecule has 1 aromatic rings. The van der Waals surface area contributed by atoms with Gasteiger partial charge in [-0.1, -0.05) is 27.5 Å². The topological polar surface area (TPSA) is 12.0 Å². The molecule has 0 aromatic heterocycles. The average molecular weight is 275 g/mol. The van der Waals surface area contributed by atoms with Crippen LogP contribution in [-0.2, 0) is 6.42 Å². The predicted molar refractivity (Wildman–Crippen MR) is 63.8 cm³/mol. The third-order valence-electron chi connectivity index (χ3n) is 2.68. The number of benzene rings is 1. The summed E-state index contributed by atoms with van der Waals surface area (Å²) in [6.07, 6.45) is 2.36. The maximum absolute atomic E-state index is 6.13. The molecule has 1 aliphatic rings. The van der Waals surface area contributed by atoms with Gasteiger partial charge >= 0.3 is 0 Å². The highest BCUT2D eigenvalue weighted by Gasteiger charge is 2.16. The first-order valence-corrected chi connectivity index (χ1v) is 6.07. The van der Waals surface area contributed by atoms with Crippen LogP contribution in [0.4, 0.5) is 0 Å². The Kier molecular flexibility index (Phi) is 3.47. The molecule has 1 heterocycles. The summed E-state index contributed by atoms with van der Waals surface area (Å²) in [5.41, 5.74) is 1.26. The summed E-state index contributed by atoms with van der Waals surface area (Å²) >= 11 is 9.60. The lowest BCUT2D eigenvalue weighted by Gasteiger charge is -2.10. The van der Waals surface area contributed by atoms with Gasteiger partial charge in [0.2, 0.25) is 0 Å². The lowest BCUT2D eigenvalue weighted by Crippen LogP contribution is -2.10. The Bertz CT molecular complexity index is 321. The van der Waals surface area contributed by atoms with Gasteiger partial charge in [-0.15, -0.1) is 0 Å². The zero-order valence-corrected chi connectivity index (χ0v) is 10.2. The summed E-state index contributed by atoms with van der Waals surface area (Å²) in [5, 5.41) is 4.26. The van der Waals surface area contributed by atoms with E-state index in [2.05, 4.69) is 27.3 Å². The van der Waals surface area contributed by atoms with Crippen LogP contribution in [-0.4, -0.2) is 13.1 Å². The molecule has 1 aromatic carbocycles. The van der Waals surface area contributed by atoms with Crippen LogP contribution in [0.1, 0.15) is 12.0 Å². The lowest BCUT2D eigenvalue weighted by molar-refractivity contribution is 0.580. The minimum Gasteiger partial charge on any atom is -0.316 e. The van der Waals surface area contributed by atoms with Crippen molar-refractivity contribution < 1.29 is 0 Å². The van der Waals surface area contributed by atoms with E-state index in [4.69, 9.17) is 11.6 Å². The van der Waals surface area contributed by atoms with Crippen LogP contribution >= 0.6 is 27.5 Å². The highest BCUT2D eigenvalue weighted by Crippen LogP contribution is 2.25. The zero-order chi connectivity index (χ0) is 9.97. The van der Waals surface area contributed by atoms with Crippen molar-refractivity contribution in [1.82, 2.24) is 5.32 Å². The molecule has 0 spiro atoms. The van der Waals surface area contributed by atoms with Crippen molar-refractivity contribution in [3.63, 3.8) is 0 Å². The van der Waals surface area contributed by atoms with Gasteiger partial charge in [-0.05, 0) is 55.6 Å². The van der Waals surface area contributed by atoms with Crippen LogP contribution in [0.2, 0.25) is 5.02 Å². The van der Waals surface area contributed by atoms with Crippen LogP contribution in [0.25, 0.3) is 0 Å². The van der Waals surface area contributed by atoms with Gasteiger partial charge in [0.05, 0.1) is 0 Å². The second-order valence-electron chi connectivity index (χ2n) is 3.80. The molecule has 1 aliphatic heterocycles. The number of hydrogen-bond donors (Lipinski definition) is 1. The van der Waals surface area contributed by atoms with Crippen molar-refractivity contribution in [2.75, 3.05) is 13.1 Å². The number of rotatable bonds is 2. The fourth-order valence-electron chi connectivity index (χ4n) is 1.90. The number of nitrogens with one attached hydrogen (secondary N) is 1. The van der Waals surface area contributed by atoms with Crippen LogP contribution < -0.4 is 5.32 Å². The Balaban J connectivity index is 2.10. The van der Waals surface area contributed by atoms with Gasteiger partial charge in [-0.2, -0.15) is 0 Å². The standard InChI is InChI=1S/C11H13BrClN/c12-10-1-2-11(13)9(6-10)5-8-3-4-14-7-8/h1-2,6,8,14H,3-5,7H2. The van der Waals surface area contributed by atoms with E-state index in [0.717, 1.165) is 34.9 Å². The first kappa shape index (κ1) is 10.5. The van der Waals surface area contributed by atoms with E-state index in [0.29, 0.717) is 0 Å². The van der Waals surface area contributed by atoms with Crippen LogP contribution in [0.3, 0.4) is 0 Å². The molecule has 1 N–H and O–H groups in total. The van der Waals surface area contributed by atoms with Gasteiger partial charge in [0.25, 0.3) is 0 Å². The molecule has 0 aliphatic carbocycles. The Morgan fingerprint density at radius 3 is 3.07 bits per heavy atom. The minimum atomic E-state index is 0.752. The summed E-state index contributed by atoms with van der Waals surface area (Å²) < 4.78 is 1.11. The van der Waals surface area contributed by atoms with Gasteiger partial charge < -0.3 is 5.32 Å². The van der Waals surface area contributed by atoms with Crippen molar-refractivity contribution in [2.24, 2.45) is 5.92 Å². The van der Waals surface area contributed by atoms with Gasteiger partial charge in [0.15, 0.2) is 0 Å². The van der Waals surface area contributed by atoms with Crippen molar-refractivity contribution >= 4 is 27.5 Å². The molecule has 3 heteroatoms. The smallest absolute Gasteiger partial charge is 0.0438 e. The molecule has 1 atom stereocenters. The highest BCUT2D eigenvalue weighted by molar-refractivity contribution is 9.10. The largest absolute Gasteiger partial charge is 0.316 e. The quantitative estimate of drug-likeness (QED) is 0.873. The van der Waals surface area contributed by atoms with E-state index >= 15 is 0 Å². The highest BCUT2D eigenvalue weighted by atomic mass is 79.9. The third kappa shape index (κ3) is 2.50. The van der Waals surface area contributed by atoms with Crippen LogP contribution in [0.5, 0.6) is 0 Å². The summed E-state index contributed by atoms with van der Waals surface area (Å²) in [6.45, 7) is 2.28. The summed E-state index contributed by atoms with van der Waals surface area (Å²) in [6, 6.07) is 6.07. The van der Waals surface area contributed by atoms with Crippen molar-refractivity contribution in [1.29, 1.82) is 0 Å². The molecule has 0 bridgehead atoms. The molecule has 0 amide bonds. The number of hydrogen-bond acceptors (Lipinski definition) is 1. The zero-order valence-electron chi connectivity index (χ0n) is 7.89. The van der Waals surface area contributed by atoms with Crippen molar-refractivity contribution in [3.8, 4) is 0 Å². The van der Waals surface area contributed by atoms with E-state index in [1.165, 1.54) is 12.0 Å². The molecule has 1 nitrogen and oxygen atoms in total. The van der Waals surface area contributed by atoms with Gasteiger partial charge in [-0.3, -0.25) is 0 Å². The Morgan fingerprint density at radius 1 is 1.50 bits per heavy atom. The molecule has 2 rings (SSSR count). The van der Waals surface area contributed by atoms with Gasteiger partial charge in [0, 0.05) is 9.50 Å². The summed E-state index contributed by atoms with van der Waals surface area (Å²) in [5.74, 6) is 0.752. The average Bonchev–Trinajstić information content (AvgIpc) is 2.64. The number of halogens is 2. The molecule has 0 saturated carbocycles. The predicted octanol–water partition coefficient (Wildman–Crippen LogP) is 3.25. The van der Waals surface area contributed by atoms with Crippen LogP contribution in [0.15, 0.2) is 22.7 Å². The van der Waals surface area contributed by atoms with Crippen molar-refractivity contribution in [3.05, 3.63) is 33.3 Å². The Morgan fingerprint density at radius 2 is 2.36 bits per heavy atom. The fraction of sp³-hybridized carbons (Fsp3) is 0.455. The van der Waals surface area contributed by atoms with E-state index in [-0.39, 0.29) is 0 Å². The molecule has 14 heavy (non-hydrogen) atoms. The molecule has 1 fully saturated rings. The second-order valence-corrected chi connectivity index (χ2v) is 5.12. The maximum Gasteiger partial charge on any atom is 0.0438 e. The second kappa shape index (κ2) is 4.65. The van der Waals surface area contributed by atoms with Crippen LogP contribution in [0, 0.1) is 5.92 Å². The molecular formula is C11H13BrClN. The molecule has 1 unspecified atom stereocenters. The molecular weight excluding hydrogens is 261 g/mol. The Hall–Kier alpha value is -0.0500.